The molecule has 100 valence electrons. The molecule has 7 heteroatoms. The van der Waals surface area contributed by atoms with Gasteiger partial charge in [-0.25, -0.2) is 0 Å². The molecule has 2 aromatic rings. The maximum atomic E-state index is 12.3. The topological polar surface area (TPSA) is 51.2 Å². The van der Waals surface area contributed by atoms with Crippen molar-refractivity contribution in [1.29, 1.82) is 0 Å². The van der Waals surface area contributed by atoms with Gasteiger partial charge in [0.2, 0.25) is 0 Å². The fraction of sp³-hybridized carbons (Fsp3) is 0.167. The third-order valence-electron chi connectivity index (χ3n) is 2.42. The Hall–Kier alpha value is -2.31. The molecule has 0 bridgehead atoms. The van der Waals surface area contributed by atoms with Gasteiger partial charge in [0, 0.05) is 17.6 Å². The number of halogens is 3. The summed E-state index contributed by atoms with van der Waals surface area (Å²) in [6.07, 6.45) is -3.53. The zero-order valence-corrected chi connectivity index (χ0v) is 9.78. The number of carbonyl (C=O) groups is 1. The van der Waals surface area contributed by atoms with Crippen LogP contribution in [0.4, 0.5) is 18.9 Å². The van der Waals surface area contributed by atoms with Crippen molar-refractivity contribution >= 4 is 22.5 Å². The van der Waals surface area contributed by atoms with Gasteiger partial charge < -0.3 is 10.1 Å². The Labute approximate surface area is 106 Å². The number of ether oxygens (including phenoxy) is 1. The number of nitrogens with zero attached hydrogens (tertiary/aromatic N) is 1. The fourth-order valence-electron chi connectivity index (χ4n) is 1.57. The zero-order chi connectivity index (χ0) is 14.0. The Morgan fingerprint density at radius 2 is 2.11 bits per heavy atom. The maximum Gasteiger partial charge on any atom is 0.471 e. The van der Waals surface area contributed by atoms with Crippen LogP contribution in [-0.2, 0) is 4.79 Å². The number of rotatable bonds is 2. The molecule has 0 spiro atoms. The number of amides is 1. The molecule has 0 fully saturated rings. The lowest BCUT2D eigenvalue weighted by Gasteiger charge is -2.11. The lowest BCUT2D eigenvalue weighted by atomic mass is 10.1. The highest BCUT2D eigenvalue weighted by atomic mass is 19.4. The van der Waals surface area contributed by atoms with Gasteiger partial charge in [-0.2, -0.15) is 13.2 Å². The van der Waals surface area contributed by atoms with E-state index in [0.29, 0.717) is 11.1 Å². The van der Waals surface area contributed by atoms with Crippen molar-refractivity contribution in [2.45, 2.75) is 6.18 Å². The number of anilines is 1. The molecule has 4 nitrogen and oxygen atoms in total. The van der Waals surface area contributed by atoms with E-state index >= 15 is 0 Å². The first-order chi connectivity index (χ1) is 8.91. The fourth-order valence-corrected chi connectivity index (χ4v) is 1.57. The summed E-state index contributed by atoms with van der Waals surface area (Å²) in [5, 5.41) is 2.36. The lowest BCUT2D eigenvalue weighted by Crippen LogP contribution is -2.30. The van der Waals surface area contributed by atoms with Crippen molar-refractivity contribution in [2.75, 3.05) is 12.4 Å². The van der Waals surface area contributed by atoms with Crippen molar-refractivity contribution < 1.29 is 22.7 Å². The summed E-state index contributed by atoms with van der Waals surface area (Å²) in [4.78, 5) is 14.9. The van der Waals surface area contributed by atoms with Crippen LogP contribution in [0.25, 0.3) is 10.9 Å². The number of hydrogen-bond acceptors (Lipinski definition) is 3. The van der Waals surface area contributed by atoms with E-state index in [2.05, 4.69) is 4.98 Å². The molecule has 0 aliphatic heterocycles. The summed E-state index contributed by atoms with van der Waals surface area (Å²) in [6.45, 7) is 0. The van der Waals surface area contributed by atoms with Crippen molar-refractivity contribution in [3.05, 3.63) is 30.5 Å². The van der Waals surface area contributed by atoms with Gasteiger partial charge in [-0.15, -0.1) is 0 Å². The van der Waals surface area contributed by atoms with Crippen molar-refractivity contribution in [1.82, 2.24) is 4.98 Å². The molecule has 1 N–H and O–H groups in total. The Morgan fingerprint density at radius 3 is 2.74 bits per heavy atom. The van der Waals surface area contributed by atoms with Crippen LogP contribution < -0.4 is 10.1 Å². The van der Waals surface area contributed by atoms with Crippen LogP contribution in [0.3, 0.4) is 0 Å². The van der Waals surface area contributed by atoms with E-state index in [0.717, 1.165) is 0 Å². The standard InChI is InChI=1S/C12H9F3N2O2/c1-19-8-5-7-3-2-4-16-10(7)9(6-8)17-11(18)12(13,14)15/h2-6H,1H3,(H,17,18). The minimum absolute atomic E-state index is 0.0442. The molecule has 1 amide bonds. The minimum atomic E-state index is -4.95. The molecular weight excluding hydrogens is 261 g/mol. The predicted octanol–water partition coefficient (Wildman–Crippen LogP) is 2.74. The molecule has 0 aliphatic carbocycles. The number of nitrogens with one attached hydrogen (secondary N) is 1. The SMILES string of the molecule is COc1cc(NC(=O)C(F)(F)F)c2ncccc2c1. The van der Waals surface area contributed by atoms with Crippen LogP contribution in [0.15, 0.2) is 30.5 Å². The molecule has 2 rings (SSSR count). The van der Waals surface area contributed by atoms with Gasteiger partial charge in [-0.1, -0.05) is 6.07 Å². The molecule has 1 aromatic carbocycles. The number of hydrogen-bond donors (Lipinski definition) is 1. The molecule has 0 aliphatic rings. The predicted molar refractivity (Wildman–Crippen MR) is 63.0 cm³/mol. The Bertz CT molecular complexity index is 626. The van der Waals surface area contributed by atoms with Gasteiger partial charge in [0.05, 0.1) is 18.3 Å². The first-order valence-electron chi connectivity index (χ1n) is 5.23. The van der Waals surface area contributed by atoms with E-state index in [-0.39, 0.29) is 11.2 Å². The normalized spacial score (nSPS) is 11.4. The largest absolute Gasteiger partial charge is 0.497 e. The third-order valence-corrected chi connectivity index (χ3v) is 2.42. The molecule has 0 atom stereocenters. The average Bonchev–Trinajstić information content (AvgIpc) is 2.37. The van der Waals surface area contributed by atoms with E-state index < -0.39 is 12.1 Å². The molecule has 0 saturated heterocycles. The second-order valence-electron chi connectivity index (χ2n) is 3.70. The van der Waals surface area contributed by atoms with E-state index in [9.17, 15) is 18.0 Å². The van der Waals surface area contributed by atoms with Crippen molar-refractivity contribution in [2.24, 2.45) is 0 Å². The van der Waals surface area contributed by atoms with E-state index in [1.807, 2.05) is 0 Å². The summed E-state index contributed by atoms with van der Waals surface area (Å²) < 4.78 is 41.7. The van der Waals surface area contributed by atoms with Crippen LogP contribution >= 0.6 is 0 Å². The summed E-state index contributed by atoms with van der Waals surface area (Å²) in [6, 6.07) is 6.20. The summed E-state index contributed by atoms with van der Waals surface area (Å²) in [5.74, 6) is -1.72. The molecule has 1 aromatic heterocycles. The summed E-state index contributed by atoms with van der Waals surface area (Å²) in [5.41, 5.74) is 0.221. The molecule has 0 saturated carbocycles. The van der Waals surface area contributed by atoms with Gasteiger partial charge in [0.15, 0.2) is 0 Å². The summed E-state index contributed by atoms with van der Waals surface area (Å²) >= 11 is 0. The van der Waals surface area contributed by atoms with Gasteiger partial charge in [0.25, 0.3) is 0 Å². The highest BCUT2D eigenvalue weighted by Gasteiger charge is 2.39. The van der Waals surface area contributed by atoms with Crippen molar-refractivity contribution in [3.63, 3.8) is 0 Å². The molecule has 19 heavy (non-hydrogen) atoms. The van der Waals surface area contributed by atoms with Gasteiger partial charge in [-0.3, -0.25) is 9.78 Å². The van der Waals surface area contributed by atoms with Gasteiger partial charge in [0.1, 0.15) is 5.75 Å². The monoisotopic (exact) mass is 270 g/mol. The van der Waals surface area contributed by atoms with Crippen LogP contribution in [-0.4, -0.2) is 24.2 Å². The number of fused-ring (bicyclic) bond motifs is 1. The number of carbonyl (C=O) groups excluding carboxylic acids is 1. The smallest absolute Gasteiger partial charge is 0.471 e. The van der Waals surface area contributed by atoms with E-state index in [1.54, 1.807) is 23.5 Å². The second-order valence-corrected chi connectivity index (χ2v) is 3.70. The first kappa shape index (κ1) is 13.1. The van der Waals surface area contributed by atoms with Crippen LogP contribution in [0.5, 0.6) is 5.75 Å². The molecule has 0 unspecified atom stereocenters. The molecular formula is C12H9F3N2O2. The Kier molecular flexibility index (Phi) is 3.28. The van der Waals surface area contributed by atoms with Crippen molar-refractivity contribution in [3.8, 4) is 5.75 Å². The Balaban J connectivity index is 2.49. The summed E-state index contributed by atoms with van der Waals surface area (Å²) in [7, 11) is 1.38. The third kappa shape index (κ3) is 2.75. The minimum Gasteiger partial charge on any atom is -0.497 e. The second kappa shape index (κ2) is 4.75. The average molecular weight is 270 g/mol. The number of pyridine rings is 1. The lowest BCUT2D eigenvalue weighted by molar-refractivity contribution is -0.167. The highest BCUT2D eigenvalue weighted by Crippen LogP contribution is 2.29. The number of methoxy groups -OCH3 is 1. The van der Waals surface area contributed by atoms with Crippen LogP contribution in [0, 0.1) is 0 Å². The van der Waals surface area contributed by atoms with Gasteiger partial charge in [-0.05, 0) is 12.1 Å². The molecule has 1 heterocycles. The Morgan fingerprint density at radius 1 is 1.37 bits per heavy atom. The van der Waals surface area contributed by atoms with Gasteiger partial charge >= 0.3 is 12.1 Å². The number of aromatic nitrogens is 1. The van der Waals surface area contributed by atoms with E-state index in [4.69, 9.17) is 4.74 Å². The number of benzene rings is 1. The van der Waals surface area contributed by atoms with E-state index in [1.165, 1.54) is 19.4 Å². The quantitative estimate of drug-likeness (QED) is 0.912. The van der Waals surface area contributed by atoms with Crippen LogP contribution in [0.1, 0.15) is 0 Å². The highest BCUT2D eigenvalue weighted by molar-refractivity contribution is 6.02. The van der Waals surface area contributed by atoms with Crippen LogP contribution in [0.2, 0.25) is 0 Å². The molecule has 0 radical (unpaired) electrons. The maximum absolute atomic E-state index is 12.3. The number of alkyl halides is 3. The first-order valence-corrected chi connectivity index (χ1v) is 5.23. The zero-order valence-electron chi connectivity index (χ0n) is 9.78.